The number of fused-ring (bicyclic) bond motifs is 1. The summed E-state index contributed by atoms with van der Waals surface area (Å²) in [4.78, 5) is 27.9. The number of carbonyl (C=O) groups excluding carboxylic acids is 2. The van der Waals surface area contributed by atoms with Gasteiger partial charge in [-0.05, 0) is 55.5 Å². The molecular formula is C23H22F4N2O2. The first-order chi connectivity index (χ1) is 14.8. The summed E-state index contributed by atoms with van der Waals surface area (Å²) < 4.78 is 53.2. The Morgan fingerprint density at radius 3 is 2.42 bits per heavy atom. The Bertz CT molecular complexity index is 977. The minimum Gasteiger partial charge on any atom is -0.323 e. The molecule has 0 bridgehead atoms. The highest BCUT2D eigenvalue weighted by atomic mass is 19.4. The van der Waals surface area contributed by atoms with Crippen LogP contribution in [0.5, 0.6) is 0 Å². The normalized spacial score (nSPS) is 23.4. The molecule has 1 aliphatic carbocycles. The summed E-state index contributed by atoms with van der Waals surface area (Å²) in [6.45, 7) is 0. The van der Waals surface area contributed by atoms with Crippen molar-refractivity contribution in [1.82, 2.24) is 4.90 Å². The number of nitrogens with one attached hydrogen (secondary N) is 1. The van der Waals surface area contributed by atoms with Gasteiger partial charge in [0.1, 0.15) is 11.9 Å². The molecule has 2 aromatic rings. The van der Waals surface area contributed by atoms with Gasteiger partial charge in [0, 0.05) is 11.6 Å². The molecule has 0 radical (unpaired) electrons. The third kappa shape index (κ3) is 4.29. The van der Waals surface area contributed by atoms with Gasteiger partial charge >= 0.3 is 6.18 Å². The molecule has 4 rings (SSSR count). The van der Waals surface area contributed by atoms with Crippen LogP contribution in [-0.2, 0) is 11.0 Å². The van der Waals surface area contributed by atoms with Crippen molar-refractivity contribution >= 4 is 17.5 Å². The van der Waals surface area contributed by atoms with Gasteiger partial charge in [-0.3, -0.25) is 9.59 Å². The van der Waals surface area contributed by atoms with Crippen LogP contribution < -0.4 is 5.32 Å². The molecule has 3 atom stereocenters. The monoisotopic (exact) mass is 434 g/mol. The Labute approximate surface area is 177 Å². The highest BCUT2D eigenvalue weighted by Crippen LogP contribution is 2.41. The van der Waals surface area contributed by atoms with Crippen molar-refractivity contribution in [3.05, 3.63) is 65.5 Å². The lowest BCUT2D eigenvalue weighted by Gasteiger charge is -2.33. The average Bonchev–Trinajstić information content (AvgIpc) is 3.14. The van der Waals surface area contributed by atoms with Crippen LogP contribution in [0, 0.1) is 11.7 Å². The van der Waals surface area contributed by atoms with Crippen molar-refractivity contribution in [2.75, 3.05) is 5.32 Å². The van der Waals surface area contributed by atoms with Crippen molar-refractivity contribution in [2.24, 2.45) is 5.92 Å². The molecule has 0 spiro atoms. The maximum Gasteiger partial charge on any atom is 0.416 e. The molecule has 0 unspecified atom stereocenters. The van der Waals surface area contributed by atoms with E-state index in [0.717, 1.165) is 25.7 Å². The summed E-state index contributed by atoms with van der Waals surface area (Å²) >= 11 is 0. The summed E-state index contributed by atoms with van der Waals surface area (Å²) in [6, 6.07) is 9.49. The van der Waals surface area contributed by atoms with Gasteiger partial charge in [0.2, 0.25) is 5.91 Å². The molecule has 1 aliphatic heterocycles. The zero-order valence-corrected chi connectivity index (χ0v) is 16.7. The fraction of sp³-hybridized carbons (Fsp3) is 0.391. The number of nitrogens with zero attached hydrogens (tertiary/aromatic N) is 1. The van der Waals surface area contributed by atoms with E-state index in [2.05, 4.69) is 5.32 Å². The number of benzene rings is 2. The number of rotatable bonds is 3. The van der Waals surface area contributed by atoms with Gasteiger partial charge in [-0.2, -0.15) is 13.2 Å². The number of likely N-dealkylation sites (tertiary alicyclic amines) is 1. The first kappa shape index (κ1) is 21.3. The third-order valence-electron chi connectivity index (χ3n) is 6.20. The summed E-state index contributed by atoms with van der Waals surface area (Å²) in [7, 11) is 0. The van der Waals surface area contributed by atoms with E-state index in [-0.39, 0.29) is 17.9 Å². The molecule has 164 valence electrons. The lowest BCUT2D eigenvalue weighted by Crippen LogP contribution is -2.47. The molecule has 1 heterocycles. The quantitative estimate of drug-likeness (QED) is 0.671. The van der Waals surface area contributed by atoms with Gasteiger partial charge < -0.3 is 10.2 Å². The summed E-state index contributed by atoms with van der Waals surface area (Å²) in [5.41, 5.74) is -1.15. The van der Waals surface area contributed by atoms with Crippen molar-refractivity contribution in [3.8, 4) is 0 Å². The zero-order valence-electron chi connectivity index (χ0n) is 16.7. The topological polar surface area (TPSA) is 49.4 Å². The van der Waals surface area contributed by atoms with E-state index in [4.69, 9.17) is 0 Å². The minimum absolute atomic E-state index is 0.108. The van der Waals surface area contributed by atoms with Crippen LogP contribution in [0.15, 0.2) is 48.5 Å². The van der Waals surface area contributed by atoms with E-state index in [1.54, 1.807) is 35.2 Å². The number of halogens is 4. The highest BCUT2D eigenvalue weighted by Gasteiger charge is 2.47. The zero-order chi connectivity index (χ0) is 22.2. The molecule has 31 heavy (non-hydrogen) atoms. The lowest BCUT2D eigenvalue weighted by molar-refractivity contribution is -0.137. The molecule has 1 saturated heterocycles. The molecule has 0 aromatic heterocycles. The summed E-state index contributed by atoms with van der Waals surface area (Å²) in [5.74, 6) is -1.78. The van der Waals surface area contributed by atoms with Crippen LogP contribution in [0.2, 0.25) is 0 Å². The second-order valence-electron chi connectivity index (χ2n) is 8.12. The number of anilines is 1. The van der Waals surface area contributed by atoms with Gasteiger partial charge in [0.15, 0.2) is 0 Å². The molecule has 2 amide bonds. The van der Waals surface area contributed by atoms with E-state index < -0.39 is 35.2 Å². The molecule has 4 nitrogen and oxygen atoms in total. The van der Waals surface area contributed by atoms with Crippen LogP contribution >= 0.6 is 0 Å². The fourth-order valence-electron chi connectivity index (χ4n) is 4.73. The van der Waals surface area contributed by atoms with Crippen LogP contribution in [-0.4, -0.2) is 28.8 Å². The first-order valence-corrected chi connectivity index (χ1v) is 10.3. The van der Waals surface area contributed by atoms with Crippen LogP contribution in [0.3, 0.4) is 0 Å². The van der Waals surface area contributed by atoms with Gasteiger partial charge in [0.25, 0.3) is 5.91 Å². The van der Waals surface area contributed by atoms with Crippen molar-refractivity contribution < 1.29 is 27.2 Å². The number of hydrogen-bond acceptors (Lipinski definition) is 2. The van der Waals surface area contributed by atoms with Gasteiger partial charge in [-0.1, -0.05) is 31.0 Å². The predicted molar refractivity (Wildman–Crippen MR) is 107 cm³/mol. The minimum atomic E-state index is -4.66. The first-order valence-electron chi connectivity index (χ1n) is 10.3. The SMILES string of the molecule is O=C(Nc1cc(C(F)(F)F)ccc1F)[C@H]1C[C@@H]2CCCC[C@@H]2N1C(=O)c1ccccc1. The van der Waals surface area contributed by atoms with Crippen LogP contribution in [0.4, 0.5) is 23.2 Å². The number of alkyl halides is 3. The Hall–Kier alpha value is -2.90. The summed E-state index contributed by atoms with van der Waals surface area (Å²) in [6.07, 6.45) is -0.655. The molecule has 1 N–H and O–H groups in total. The number of amides is 2. The Morgan fingerprint density at radius 2 is 1.71 bits per heavy atom. The maximum absolute atomic E-state index is 14.2. The standard InChI is InChI=1S/C23H22F4N2O2/c24-17-11-10-16(23(25,26)27)13-18(17)28-21(30)20-12-15-8-4-5-9-19(15)29(20)22(31)14-6-2-1-3-7-14/h1-3,6-7,10-11,13,15,19-20H,4-5,8-9,12H2,(H,28,30)/t15-,19-,20+/m0/s1. The van der Waals surface area contributed by atoms with E-state index in [1.807, 2.05) is 0 Å². The Balaban J connectivity index is 1.62. The van der Waals surface area contributed by atoms with Crippen LogP contribution in [0.25, 0.3) is 0 Å². The number of hydrogen-bond donors (Lipinski definition) is 1. The van der Waals surface area contributed by atoms with Crippen molar-refractivity contribution in [1.29, 1.82) is 0 Å². The second-order valence-corrected chi connectivity index (χ2v) is 8.12. The largest absolute Gasteiger partial charge is 0.416 e. The average molecular weight is 434 g/mol. The predicted octanol–water partition coefficient (Wildman–Crippen LogP) is 5.26. The third-order valence-corrected chi connectivity index (χ3v) is 6.20. The van der Waals surface area contributed by atoms with E-state index in [1.165, 1.54) is 0 Å². The van der Waals surface area contributed by atoms with Gasteiger partial charge in [-0.15, -0.1) is 0 Å². The van der Waals surface area contributed by atoms with Crippen molar-refractivity contribution in [3.63, 3.8) is 0 Å². The molecule has 1 saturated carbocycles. The highest BCUT2D eigenvalue weighted by molar-refractivity contribution is 6.02. The summed E-state index contributed by atoms with van der Waals surface area (Å²) in [5, 5.41) is 2.30. The van der Waals surface area contributed by atoms with E-state index in [9.17, 15) is 27.2 Å². The molecule has 2 aromatic carbocycles. The maximum atomic E-state index is 14.2. The van der Waals surface area contributed by atoms with Gasteiger partial charge in [0.05, 0.1) is 11.3 Å². The number of carbonyl (C=O) groups is 2. The van der Waals surface area contributed by atoms with Crippen molar-refractivity contribution in [2.45, 2.75) is 50.4 Å². The fourth-order valence-corrected chi connectivity index (χ4v) is 4.73. The Morgan fingerprint density at radius 1 is 1.00 bits per heavy atom. The molecule has 2 fully saturated rings. The van der Waals surface area contributed by atoms with E-state index in [0.29, 0.717) is 30.2 Å². The van der Waals surface area contributed by atoms with Crippen LogP contribution in [0.1, 0.15) is 48.0 Å². The molecule has 2 aliphatic rings. The molecule has 8 heteroatoms. The Kier molecular flexibility index (Phi) is 5.73. The molecular weight excluding hydrogens is 412 g/mol. The second kappa shape index (κ2) is 8.32. The van der Waals surface area contributed by atoms with E-state index >= 15 is 0 Å². The van der Waals surface area contributed by atoms with Gasteiger partial charge in [-0.25, -0.2) is 4.39 Å². The lowest BCUT2D eigenvalue weighted by atomic mass is 9.84. The smallest absolute Gasteiger partial charge is 0.323 e.